The summed E-state index contributed by atoms with van der Waals surface area (Å²) in [5.41, 5.74) is 1.18. The van der Waals surface area contributed by atoms with Crippen LogP contribution in [0, 0.1) is 0 Å². The van der Waals surface area contributed by atoms with Crippen molar-refractivity contribution in [3.05, 3.63) is 65.3 Å². The fraction of sp³-hybridized carbons (Fsp3) is 0.316. The second-order valence-electron chi connectivity index (χ2n) is 5.41. The molecule has 1 N–H and O–H groups in total. The van der Waals surface area contributed by atoms with Crippen LogP contribution in [0.5, 0.6) is 0 Å². The van der Waals surface area contributed by atoms with E-state index in [1.807, 2.05) is 62.8 Å². The number of benzene rings is 1. The van der Waals surface area contributed by atoms with E-state index < -0.39 is 6.10 Å². The standard InChI is InChI=1S/C19H24N2O2S/c1-4-21(5-2)19(23)16-11-13-20(3)18(16)17(22)12-14-24-15-9-7-6-8-10-15/h6-14,17,22H,4-5H2,1-3H3. The van der Waals surface area contributed by atoms with Gasteiger partial charge in [-0.15, -0.1) is 0 Å². The van der Waals surface area contributed by atoms with Gasteiger partial charge in [-0.2, -0.15) is 0 Å². The van der Waals surface area contributed by atoms with Crippen LogP contribution in [0.2, 0.25) is 0 Å². The predicted octanol–water partition coefficient (Wildman–Crippen LogP) is 3.85. The van der Waals surface area contributed by atoms with Crippen molar-refractivity contribution in [2.24, 2.45) is 7.05 Å². The second-order valence-corrected chi connectivity index (χ2v) is 6.39. The van der Waals surface area contributed by atoms with Gasteiger partial charge in [0, 0.05) is 31.2 Å². The van der Waals surface area contributed by atoms with Crippen LogP contribution in [0.25, 0.3) is 0 Å². The van der Waals surface area contributed by atoms with Crippen LogP contribution in [0.15, 0.2) is 59.0 Å². The lowest BCUT2D eigenvalue weighted by atomic mass is 10.1. The van der Waals surface area contributed by atoms with Gasteiger partial charge in [0.25, 0.3) is 5.91 Å². The highest BCUT2D eigenvalue weighted by molar-refractivity contribution is 8.02. The topological polar surface area (TPSA) is 45.5 Å². The molecule has 1 aromatic carbocycles. The largest absolute Gasteiger partial charge is 0.383 e. The Labute approximate surface area is 147 Å². The number of aliphatic hydroxyl groups is 1. The van der Waals surface area contributed by atoms with Crippen molar-refractivity contribution in [2.75, 3.05) is 13.1 Å². The first-order valence-corrected chi connectivity index (χ1v) is 8.97. The SMILES string of the molecule is CCN(CC)C(=O)c1ccn(C)c1C(O)C=CSc1ccccc1. The van der Waals surface area contributed by atoms with Crippen LogP contribution in [0.4, 0.5) is 0 Å². The number of aliphatic hydroxyl groups excluding tert-OH is 1. The molecule has 1 unspecified atom stereocenters. The van der Waals surface area contributed by atoms with Crippen molar-refractivity contribution in [1.29, 1.82) is 0 Å². The number of nitrogens with zero attached hydrogens (tertiary/aromatic N) is 2. The Morgan fingerprint density at radius 1 is 1.25 bits per heavy atom. The van der Waals surface area contributed by atoms with Gasteiger partial charge in [0.2, 0.25) is 0 Å². The summed E-state index contributed by atoms with van der Waals surface area (Å²) < 4.78 is 1.80. The minimum atomic E-state index is -0.823. The average Bonchev–Trinajstić information content (AvgIpc) is 2.98. The summed E-state index contributed by atoms with van der Waals surface area (Å²) in [4.78, 5) is 15.5. The summed E-state index contributed by atoms with van der Waals surface area (Å²) in [5.74, 6) is -0.0428. The van der Waals surface area contributed by atoms with Gasteiger partial charge in [-0.1, -0.05) is 30.0 Å². The lowest BCUT2D eigenvalue weighted by molar-refractivity contribution is 0.0767. The Morgan fingerprint density at radius 3 is 2.54 bits per heavy atom. The lowest BCUT2D eigenvalue weighted by Crippen LogP contribution is -2.31. The molecule has 5 heteroatoms. The van der Waals surface area contributed by atoms with Crippen LogP contribution < -0.4 is 0 Å². The van der Waals surface area contributed by atoms with E-state index in [9.17, 15) is 9.90 Å². The highest BCUT2D eigenvalue weighted by atomic mass is 32.2. The number of amides is 1. The molecule has 128 valence electrons. The van der Waals surface area contributed by atoms with Crippen molar-refractivity contribution in [2.45, 2.75) is 24.8 Å². The van der Waals surface area contributed by atoms with E-state index in [4.69, 9.17) is 0 Å². The number of carbonyl (C=O) groups is 1. The van der Waals surface area contributed by atoms with E-state index >= 15 is 0 Å². The monoisotopic (exact) mass is 344 g/mol. The van der Waals surface area contributed by atoms with Crippen LogP contribution >= 0.6 is 11.8 Å². The highest BCUT2D eigenvalue weighted by Gasteiger charge is 2.22. The van der Waals surface area contributed by atoms with E-state index in [1.54, 1.807) is 21.6 Å². The average molecular weight is 344 g/mol. The third-order valence-electron chi connectivity index (χ3n) is 3.89. The van der Waals surface area contributed by atoms with Gasteiger partial charge >= 0.3 is 0 Å². The molecule has 0 bridgehead atoms. The highest BCUT2D eigenvalue weighted by Crippen LogP contribution is 2.25. The van der Waals surface area contributed by atoms with Crippen molar-refractivity contribution < 1.29 is 9.90 Å². The third kappa shape index (κ3) is 4.30. The minimum absolute atomic E-state index is 0.0428. The van der Waals surface area contributed by atoms with E-state index in [0.717, 1.165) is 4.90 Å². The van der Waals surface area contributed by atoms with Gasteiger partial charge < -0.3 is 14.6 Å². The smallest absolute Gasteiger partial charge is 0.255 e. The fourth-order valence-corrected chi connectivity index (χ4v) is 3.25. The zero-order valence-corrected chi connectivity index (χ0v) is 15.2. The van der Waals surface area contributed by atoms with Gasteiger partial charge in [-0.25, -0.2) is 0 Å². The summed E-state index contributed by atoms with van der Waals surface area (Å²) >= 11 is 1.54. The first kappa shape index (κ1) is 18.4. The first-order chi connectivity index (χ1) is 11.6. The predicted molar refractivity (Wildman–Crippen MR) is 99.1 cm³/mol. The summed E-state index contributed by atoms with van der Waals surface area (Å²) in [6, 6.07) is 11.7. The van der Waals surface area contributed by atoms with Gasteiger partial charge in [-0.3, -0.25) is 4.79 Å². The van der Waals surface area contributed by atoms with Crippen molar-refractivity contribution >= 4 is 17.7 Å². The van der Waals surface area contributed by atoms with Crippen molar-refractivity contribution in [1.82, 2.24) is 9.47 Å². The number of carbonyl (C=O) groups excluding carboxylic acids is 1. The van der Waals surface area contributed by atoms with Crippen molar-refractivity contribution in [3.8, 4) is 0 Å². The molecule has 1 aromatic heterocycles. The zero-order valence-electron chi connectivity index (χ0n) is 14.3. The normalized spacial score (nSPS) is 12.5. The van der Waals surface area contributed by atoms with E-state index in [0.29, 0.717) is 24.3 Å². The molecule has 0 saturated carbocycles. The molecule has 0 fully saturated rings. The summed E-state index contributed by atoms with van der Waals surface area (Å²) in [5, 5.41) is 12.4. The quantitative estimate of drug-likeness (QED) is 0.776. The fourth-order valence-electron chi connectivity index (χ4n) is 2.55. The van der Waals surface area contributed by atoms with Crippen LogP contribution in [-0.2, 0) is 7.05 Å². The van der Waals surface area contributed by atoms with Crippen LogP contribution in [0.3, 0.4) is 0 Å². The molecule has 0 aliphatic heterocycles. The number of hydrogen-bond donors (Lipinski definition) is 1. The third-order valence-corrected chi connectivity index (χ3v) is 4.73. The Bertz CT molecular complexity index is 691. The molecule has 24 heavy (non-hydrogen) atoms. The Morgan fingerprint density at radius 2 is 1.92 bits per heavy atom. The van der Waals surface area contributed by atoms with E-state index in [1.165, 1.54) is 11.8 Å². The molecule has 4 nitrogen and oxygen atoms in total. The Hall–Kier alpha value is -1.98. The maximum absolute atomic E-state index is 12.6. The maximum Gasteiger partial charge on any atom is 0.255 e. The van der Waals surface area contributed by atoms with Gasteiger partial charge in [0.05, 0.1) is 11.3 Å². The van der Waals surface area contributed by atoms with Crippen molar-refractivity contribution in [3.63, 3.8) is 0 Å². The summed E-state index contributed by atoms with van der Waals surface area (Å²) in [7, 11) is 1.84. The molecule has 1 atom stereocenters. The number of rotatable bonds is 7. The number of aryl methyl sites for hydroxylation is 1. The maximum atomic E-state index is 12.6. The Kier molecular flexibility index (Phi) is 6.70. The summed E-state index contributed by atoms with van der Waals surface area (Å²) in [6.45, 7) is 5.21. The van der Waals surface area contributed by atoms with Gasteiger partial charge in [-0.05, 0) is 43.5 Å². The summed E-state index contributed by atoms with van der Waals surface area (Å²) in [6.07, 6.45) is 2.70. The molecular weight excluding hydrogens is 320 g/mol. The Balaban J connectivity index is 2.16. The number of thioether (sulfide) groups is 1. The molecule has 0 saturated heterocycles. The van der Waals surface area contributed by atoms with Crippen LogP contribution in [-0.4, -0.2) is 33.6 Å². The molecule has 0 aliphatic carbocycles. The van der Waals surface area contributed by atoms with Crippen LogP contribution in [0.1, 0.15) is 36.0 Å². The number of hydrogen-bond acceptors (Lipinski definition) is 3. The van der Waals surface area contributed by atoms with Gasteiger partial charge in [0.15, 0.2) is 0 Å². The molecular formula is C19H24N2O2S. The van der Waals surface area contributed by atoms with Gasteiger partial charge in [0.1, 0.15) is 6.10 Å². The molecule has 2 aromatic rings. The molecule has 0 radical (unpaired) electrons. The zero-order chi connectivity index (χ0) is 17.5. The molecule has 0 aliphatic rings. The lowest BCUT2D eigenvalue weighted by Gasteiger charge is -2.20. The second kappa shape index (κ2) is 8.76. The van der Waals surface area contributed by atoms with E-state index in [2.05, 4.69) is 0 Å². The first-order valence-electron chi connectivity index (χ1n) is 8.09. The molecule has 1 heterocycles. The molecule has 2 rings (SSSR count). The number of aromatic nitrogens is 1. The van der Waals surface area contributed by atoms with E-state index in [-0.39, 0.29) is 5.91 Å². The molecule has 1 amide bonds. The minimum Gasteiger partial charge on any atom is -0.383 e. The molecule has 0 spiro atoms.